The summed E-state index contributed by atoms with van der Waals surface area (Å²) in [5.74, 6) is 1.11. The minimum Gasteiger partial charge on any atom is -0.454 e. The van der Waals surface area contributed by atoms with Gasteiger partial charge < -0.3 is 14.8 Å². The topological polar surface area (TPSA) is 82.5 Å². The van der Waals surface area contributed by atoms with Gasteiger partial charge >= 0.3 is 0 Å². The molecule has 7 nitrogen and oxygen atoms in total. The van der Waals surface area contributed by atoms with Gasteiger partial charge in [-0.3, -0.25) is 14.2 Å². The Morgan fingerprint density at radius 2 is 2.00 bits per heavy atom. The molecular formula is C21H19N3O4S. The number of rotatable bonds is 5. The number of para-hydroxylation sites is 1. The summed E-state index contributed by atoms with van der Waals surface area (Å²) in [4.78, 5) is 30.4. The number of aromatic nitrogens is 2. The van der Waals surface area contributed by atoms with Crippen LogP contribution in [0, 0.1) is 0 Å². The largest absolute Gasteiger partial charge is 0.454 e. The molecule has 1 atom stereocenters. The van der Waals surface area contributed by atoms with Crippen molar-refractivity contribution in [3.63, 3.8) is 0 Å². The van der Waals surface area contributed by atoms with E-state index in [4.69, 9.17) is 9.47 Å². The molecule has 8 heteroatoms. The fraction of sp³-hybridized carbons (Fsp3) is 0.286. The van der Waals surface area contributed by atoms with Crippen LogP contribution < -0.4 is 20.3 Å². The number of amides is 1. The molecule has 1 N–H and O–H groups in total. The van der Waals surface area contributed by atoms with Gasteiger partial charge in [0.2, 0.25) is 12.7 Å². The summed E-state index contributed by atoms with van der Waals surface area (Å²) in [6, 6.07) is 12.8. The Morgan fingerprint density at radius 3 is 2.83 bits per heavy atom. The predicted molar refractivity (Wildman–Crippen MR) is 111 cm³/mol. The van der Waals surface area contributed by atoms with E-state index in [1.165, 1.54) is 11.8 Å². The van der Waals surface area contributed by atoms with Gasteiger partial charge in [0, 0.05) is 17.8 Å². The van der Waals surface area contributed by atoms with Crippen molar-refractivity contribution in [2.24, 2.45) is 0 Å². The van der Waals surface area contributed by atoms with Crippen LogP contribution in [0.2, 0.25) is 0 Å². The van der Waals surface area contributed by atoms with Crippen molar-refractivity contribution in [2.45, 2.75) is 36.2 Å². The Kier molecular flexibility index (Phi) is 4.43. The Bertz CT molecular complexity index is 1170. The minimum absolute atomic E-state index is 0.0380. The second-order valence-corrected chi connectivity index (χ2v) is 8.44. The zero-order chi connectivity index (χ0) is 20.0. The van der Waals surface area contributed by atoms with Crippen molar-refractivity contribution < 1.29 is 14.3 Å². The maximum Gasteiger partial charge on any atom is 0.262 e. The zero-order valence-electron chi connectivity index (χ0n) is 15.8. The molecule has 1 saturated carbocycles. The molecule has 1 aromatic heterocycles. The number of carbonyl (C=O) groups is 1. The van der Waals surface area contributed by atoms with Gasteiger partial charge in [0.1, 0.15) is 0 Å². The summed E-state index contributed by atoms with van der Waals surface area (Å²) in [6.45, 7) is 2.00. The zero-order valence-corrected chi connectivity index (χ0v) is 16.6. The highest BCUT2D eigenvalue weighted by Gasteiger charge is 2.30. The molecule has 0 unspecified atom stereocenters. The summed E-state index contributed by atoms with van der Waals surface area (Å²) < 4.78 is 12.4. The molecule has 1 amide bonds. The highest BCUT2D eigenvalue weighted by atomic mass is 32.2. The van der Waals surface area contributed by atoms with Gasteiger partial charge in [-0.25, -0.2) is 4.98 Å². The fourth-order valence-corrected chi connectivity index (χ4v) is 4.27. The Morgan fingerprint density at radius 1 is 1.21 bits per heavy atom. The van der Waals surface area contributed by atoms with E-state index in [1.54, 1.807) is 28.8 Å². The van der Waals surface area contributed by atoms with Gasteiger partial charge in [0.15, 0.2) is 16.7 Å². The van der Waals surface area contributed by atoms with Crippen LogP contribution in [0.1, 0.15) is 25.8 Å². The first kappa shape index (κ1) is 18.1. The summed E-state index contributed by atoms with van der Waals surface area (Å²) in [5.41, 5.74) is 1.25. The maximum absolute atomic E-state index is 13.0. The van der Waals surface area contributed by atoms with E-state index in [2.05, 4.69) is 10.3 Å². The monoisotopic (exact) mass is 409 g/mol. The Balaban J connectivity index is 1.39. The lowest BCUT2D eigenvalue weighted by atomic mass is 10.2. The van der Waals surface area contributed by atoms with Crippen molar-refractivity contribution in [3.8, 4) is 11.5 Å². The fourth-order valence-electron chi connectivity index (χ4n) is 3.29. The average Bonchev–Trinajstić information content (AvgIpc) is 3.44. The normalized spacial score (nSPS) is 16.0. The van der Waals surface area contributed by atoms with E-state index in [-0.39, 0.29) is 24.3 Å². The molecule has 0 saturated heterocycles. The lowest BCUT2D eigenvalue weighted by molar-refractivity contribution is -0.115. The average molecular weight is 409 g/mol. The number of anilines is 1. The molecule has 1 aliphatic carbocycles. The number of ether oxygens (including phenoxy) is 2. The van der Waals surface area contributed by atoms with Crippen molar-refractivity contribution >= 4 is 34.3 Å². The molecule has 2 heterocycles. The summed E-state index contributed by atoms with van der Waals surface area (Å²) >= 11 is 1.30. The number of fused-ring (bicyclic) bond motifs is 2. The second kappa shape index (κ2) is 7.11. The summed E-state index contributed by atoms with van der Waals surface area (Å²) in [7, 11) is 0. The predicted octanol–water partition coefficient (Wildman–Crippen LogP) is 3.58. The second-order valence-electron chi connectivity index (χ2n) is 7.14. The molecule has 1 aliphatic heterocycles. The van der Waals surface area contributed by atoms with Crippen molar-refractivity contribution in [1.29, 1.82) is 0 Å². The smallest absolute Gasteiger partial charge is 0.262 e. The van der Waals surface area contributed by atoms with Gasteiger partial charge in [-0.2, -0.15) is 0 Å². The Labute approximate surface area is 171 Å². The minimum atomic E-state index is -0.432. The molecule has 0 bridgehead atoms. The number of carbonyl (C=O) groups excluding carboxylic acids is 1. The van der Waals surface area contributed by atoms with Crippen LogP contribution in [-0.4, -0.2) is 27.5 Å². The molecule has 2 aromatic carbocycles. The van der Waals surface area contributed by atoms with Crippen LogP contribution in [0.15, 0.2) is 52.4 Å². The first-order valence-corrected chi connectivity index (χ1v) is 10.4. The third-order valence-corrected chi connectivity index (χ3v) is 6.05. The standard InChI is InChI=1S/C21H19N3O4S/c1-12(19(25)22-13-6-9-17-18(10-13)28-11-27-17)29-21-23-16-5-3-2-4-15(16)20(26)24(21)14-7-8-14/h2-6,9-10,12,14H,7-8,11H2,1H3,(H,22,25)/t12-/m1/s1. The van der Waals surface area contributed by atoms with Crippen molar-refractivity contribution in [3.05, 3.63) is 52.8 Å². The van der Waals surface area contributed by atoms with E-state index in [1.807, 2.05) is 25.1 Å². The van der Waals surface area contributed by atoms with Gasteiger partial charge in [-0.1, -0.05) is 23.9 Å². The van der Waals surface area contributed by atoms with Crippen molar-refractivity contribution in [2.75, 3.05) is 12.1 Å². The SMILES string of the molecule is C[C@@H](Sc1nc2ccccc2c(=O)n1C1CC1)C(=O)Nc1ccc2c(c1)OCO2. The van der Waals surface area contributed by atoms with E-state index >= 15 is 0 Å². The number of nitrogens with one attached hydrogen (secondary N) is 1. The van der Waals surface area contributed by atoms with E-state index in [0.717, 1.165) is 12.8 Å². The third-order valence-electron chi connectivity index (χ3n) is 4.98. The lowest BCUT2D eigenvalue weighted by Gasteiger charge is -2.16. The van der Waals surface area contributed by atoms with Crippen LogP contribution in [0.4, 0.5) is 5.69 Å². The maximum atomic E-state index is 13.0. The van der Waals surface area contributed by atoms with E-state index in [0.29, 0.717) is 33.2 Å². The number of hydrogen-bond acceptors (Lipinski definition) is 6. The first-order valence-electron chi connectivity index (χ1n) is 9.48. The van der Waals surface area contributed by atoms with Crippen molar-refractivity contribution in [1.82, 2.24) is 9.55 Å². The number of thioether (sulfide) groups is 1. The van der Waals surface area contributed by atoms with Crippen LogP contribution in [-0.2, 0) is 4.79 Å². The number of nitrogens with zero attached hydrogens (tertiary/aromatic N) is 2. The number of hydrogen-bond donors (Lipinski definition) is 1. The molecule has 0 spiro atoms. The van der Waals surface area contributed by atoms with Gasteiger partial charge in [-0.15, -0.1) is 0 Å². The first-order chi connectivity index (χ1) is 14.1. The van der Waals surface area contributed by atoms with E-state index in [9.17, 15) is 9.59 Å². The summed E-state index contributed by atoms with van der Waals surface area (Å²) in [6.07, 6.45) is 1.93. The van der Waals surface area contributed by atoms with Crippen LogP contribution in [0.3, 0.4) is 0 Å². The summed E-state index contributed by atoms with van der Waals surface area (Å²) in [5, 5.41) is 3.67. The highest BCUT2D eigenvalue weighted by molar-refractivity contribution is 8.00. The van der Waals surface area contributed by atoms with Crippen LogP contribution in [0.25, 0.3) is 10.9 Å². The molecule has 29 heavy (non-hydrogen) atoms. The molecule has 1 fully saturated rings. The molecule has 5 rings (SSSR count). The number of benzene rings is 2. The molecule has 2 aliphatic rings. The lowest BCUT2D eigenvalue weighted by Crippen LogP contribution is -2.26. The van der Waals surface area contributed by atoms with Gasteiger partial charge in [-0.05, 0) is 44.0 Å². The highest BCUT2D eigenvalue weighted by Crippen LogP contribution is 2.38. The van der Waals surface area contributed by atoms with Crippen LogP contribution in [0.5, 0.6) is 11.5 Å². The van der Waals surface area contributed by atoms with Crippen LogP contribution >= 0.6 is 11.8 Å². The van der Waals surface area contributed by atoms with E-state index < -0.39 is 5.25 Å². The Hall–Kier alpha value is -3.00. The van der Waals surface area contributed by atoms with Gasteiger partial charge in [0.25, 0.3) is 5.56 Å². The molecule has 148 valence electrons. The molecule has 0 radical (unpaired) electrons. The molecular weight excluding hydrogens is 390 g/mol. The third kappa shape index (κ3) is 3.44. The van der Waals surface area contributed by atoms with Gasteiger partial charge in [0.05, 0.1) is 16.2 Å². The quantitative estimate of drug-likeness (QED) is 0.512. The molecule has 3 aromatic rings.